The lowest BCUT2D eigenvalue weighted by atomic mass is 9.96. The van der Waals surface area contributed by atoms with Crippen LogP contribution in [0.3, 0.4) is 0 Å². The van der Waals surface area contributed by atoms with E-state index in [4.69, 9.17) is 4.52 Å². The van der Waals surface area contributed by atoms with E-state index in [9.17, 15) is 13.2 Å². The van der Waals surface area contributed by atoms with Crippen molar-refractivity contribution in [2.24, 2.45) is 0 Å². The van der Waals surface area contributed by atoms with Crippen LogP contribution in [0.1, 0.15) is 32.5 Å². The van der Waals surface area contributed by atoms with Crippen molar-refractivity contribution >= 4 is 0 Å². The van der Waals surface area contributed by atoms with Crippen LogP contribution < -0.4 is 5.32 Å². The maximum absolute atomic E-state index is 11.8. The van der Waals surface area contributed by atoms with Crippen LogP contribution in [0.2, 0.25) is 0 Å². The standard InChI is InChI=1S/C9H14F3N3O/c1-8(2,3)7-14-6(16-15-7)4-13-5-9(10,11)12/h13H,4-5H2,1-3H3. The zero-order chi connectivity index (χ0) is 12.4. The van der Waals surface area contributed by atoms with Gasteiger partial charge in [-0.25, -0.2) is 0 Å². The second-order valence-corrected chi connectivity index (χ2v) is 4.48. The Morgan fingerprint density at radius 2 is 1.88 bits per heavy atom. The molecule has 0 aliphatic heterocycles. The van der Waals surface area contributed by atoms with Crippen LogP contribution in [0.4, 0.5) is 13.2 Å². The lowest BCUT2D eigenvalue weighted by molar-refractivity contribution is -0.125. The van der Waals surface area contributed by atoms with Crippen molar-refractivity contribution in [3.8, 4) is 0 Å². The van der Waals surface area contributed by atoms with E-state index in [1.165, 1.54) is 0 Å². The third-order valence-corrected chi connectivity index (χ3v) is 1.74. The van der Waals surface area contributed by atoms with Gasteiger partial charge in [0, 0.05) is 5.41 Å². The molecule has 1 aromatic heterocycles. The number of nitrogens with one attached hydrogen (secondary N) is 1. The molecule has 0 aromatic carbocycles. The minimum absolute atomic E-state index is 0.0808. The Labute approximate surface area is 91.2 Å². The Kier molecular flexibility index (Phi) is 3.57. The molecule has 1 rings (SSSR count). The molecule has 4 nitrogen and oxygen atoms in total. The van der Waals surface area contributed by atoms with Crippen LogP contribution in [-0.4, -0.2) is 22.9 Å². The lowest BCUT2D eigenvalue weighted by Crippen LogP contribution is -2.28. The molecule has 0 unspecified atom stereocenters. The first-order valence-electron chi connectivity index (χ1n) is 4.79. The summed E-state index contributed by atoms with van der Waals surface area (Å²) < 4.78 is 40.3. The molecule has 1 aromatic rings. The SMILES string of the molecule is CC(C)(C)c1noc(CNCC(F)(F)F)n1. The quantitative estimate of drug-likeness (QED) is 0.873. The molecule has 1 N–H and O–H groups in total. The Balaban J connectivity index is 2.48. The fraction of sp³-hybridized carbons (Fsp3) is 0.778. The lowest BCUT2D eigenvalue weighted by Gasteiger charge is -2.10. The molecule has 0 aliphatic carbocycles. The maximum atomic E-state index is 11.8. The van der Waals surface area contributed by atoms with Gasteiger partial charge in [0.25, 0.3) is 0 Å². The third-order valence-electron chi connectivity index (χ3n) is 1.74. The first kappa shape index (κ1) is 13.0. The molecular weight excluding hydrogens is 223 g/mol. The molecule has 0 fully saturated rings. The van der Waals surface area contributed by atoms with E-state index in [0.717, 1.165) is 0 Å². The Morgan fingerprint density at radius 3 is 2.31 bits per heavy atom. The van der Waals surface area contributed by atoms with Crippen molar-refractivity contribution < 1.29 is 17.7 Å². The van der Waals surface area contributed by atoms with Gasteiger partial charge in [0.15, 0.2) is 5.82 Å². The first-order valence-corrected chi connectivity index (χ1v) is 4.79. The fourth-order valence-corrected chi connectivity index (χ4v) is 0.942. The number of aromatic nitrogens is 2. The number of rotatable bonds is 3. The smallest absolute Gasteiger partial charge is 0.338 e. The highest BCUT2D eigenvalue weighted by molar-refractivity contribution is 4.99. The monoisotopic (exact) mass is 237 g/mol. The molecule has 92 valence electrons. The van der Waals surface area contributed by atoms with E-state index < -0.39 is 12.7 Å². The highest BCUT2D eigenvalue weighted by Gasteiger charge is 2.27. The number of hydrogen-bond donors (Lipinski definition) is 1. The maximum Gasteiger partial charge on any atom is 0.401 e. The molecule has 0 atom stereocenters. The van der Waals surface area contributed by atoms with Gasteiger partial charge in [-0.05, 0) is 0 Å². The summed E-state index contributed by atoms with van der Waals surface area (Å²) in [7, 11) is 0. The Bertz CT molecular complexity index is 341. The van der Waals surface area contributed by atoms with Gasteiger partial charge < -0.3 is 9.84 Å². The number of hydrogen-bond acceptors (Lipinski definition) is 4. The zero-order valence-corrected chi connectivity index (χ0v) is 9.35. The molecule has 7 heteroatoms. The van der Waals surface area contributed by atoms with E-state index >= 15 is 0 Å². The molecule has 0 aliphatic rings. The summed E-state index contributed by atoms with van der Waals surface area (Å²) in [6, 6.07) is 0. The summed E-state index contributed by atoms with van der Waals surface area (Å²) in [5.41, 5.74) is -0.272. The molecule has 0 saturated carbocycles. The van der Waals surface area contributed by atoms with E-state index in [1.807, 2.05) is 20.8 Å². The molecule has 0 bridgehead atoms. The zero-order valence-electron chi connectivity index (χ0n) is 9.35. The molecular formula is C9H14F3N3O. The van der Waals surface area contributed by atoms with Crippen LogP contribution >= 0.6 is 0 Å². The molecule has 16 heavy (non-hydrogen) atoms. The largest absolute Gasteiger partial charge is 0.401 e. The molecule has 1 heterocycles. The van der Waals surface area contributed by atoms with Crippen molar-refractivity contribution in [2.45, 2.75) is 38.9 Å². The summed E-state index contributed by atoms with van der Waals surface area (Å²) in [6.45, 7) is 4.53. The van der Waals surface area contributed by atoms with E-state index in [2.05, 4.69) is 15.5 Å². The Hall–Kier alpha value is -1.11. The number of halogens is 3. The van der Waals surface area contributed by atoms with Crippen LogP contribution in [0.15, 0.2) is 4.52 Å². The van der Waals surface area contributed by atoms with Crippen molar-refractivity contribution in [1.82, 2.24) is 15.5 Å². The molecule has 0 radical (unpaired) electrons. The molecule has 0 spiro atoms. The number of alkyl halides is 3. The highest BCUT2D eigenvalue weighted by Crippen LogP contribution is 2.18. The van der Waals surface area contributed by atoms with Crippen LogP contribution in [-0.2, 0) is 12.0 Å². The summed E-state index contributed by atoms with van der Waals surface area (Å²) in [4.78, 5) is 3.99. The van der Waals surface area contributed by atoms with Gasteiger partial charge in [0.1, 0.15) is 0 Å². The van der Waals surface area contributed by atoms with Gasteiger partial charge >= 0.3 is 6.18 Å². The van der Waals surface area contributed by atoms with Crippen LogP contribution in [0.5, 0.6) is 0 Å². The highest BCUT2D eigenvalue weighted by atomic mass is 19.4. The first-order chi connectivity index (χ1) is 7.18. The second-order valence-electron chi connectivity index (χ2n) is 4.48. The fourth-order valence-electron chi connectivity index (χ4n) is 0.942. The van der Waals surface area contributed by atoms with Gasteiger partial charge in [-0.2, -0.15) is 18.2 Å². The molecule has 0 amide bonds. The summed E-state index contributed by atoms with van der Waals surface area (Å²) in [5.74, 6) is 0.644. The average Bonchev–Trinajstić information content (AvgIpc) is 2.49. The summed E-state index contributed by atoms with van der Waals surface area (Å²) in [6.07, 6.45) is -4.23. The predicted octanol–water partition coefficient (Wildman–Crippen LogP) is 2.02. The van der Waals surface area contributed by atoms with Crippen molar-refractivity contribution in [1.29, 1.82) is 0 Å². The van der Waals surface area contributed by atoms with E-state index in [0.29, 0.717) is 5.82 Å². The minimum Gasteiger partial charge on any atom is -0.338 e. The second kappa shape index (κ2) is 4.40. The summed E-state index contributed by atoms with van der Waals surface area (Å²) >= 11 is 0. The Morgan fingerprint density at radius 1 is 1.25 bits per heavy atom. The van der Waals surface area contributed by atoms with Gasteiger partial charge in [0.05, 0.1) is 13.1 Å². The van der Waals surface area contributed by atoms with Gasteiger partial charge in [0.2, 0.25) is 5.89 Å². The van der Waals surface area contributed by atoms with E-state index in [1.54, 1.807) is 0 Å². The van der Waals surface area contributed by atoms with Crippen molar-refractivity contribution in [2.75, 3.05) is 6.54 Å². The summed E-state index contributed by atoms with van der Waals surface area (Å²) in [5, 5.41) is 5.88. The van der Waals surface area contributed by atoms with Crippen molar-refractivity contribution in [3.05, 3.63) is 11.7 Å². The van der Waals surface area contributed by atoms with Gasteiger partial charge in [-0.1, -0.05) is 25.9 Å². The number of nitrogens with zero attached hydrogens (tertiary/aromatic N) is 2. The normalized spacial score (nSPS) is 13.1. The predicted molar refractivity (Wildman–Crippen MR) is 50.8 cm³/mol. The van der Waals surface area contributed by atoms with E-state index in [-0.39, 0.29) is 17.9 Å². The van der Waals surface area contributed by atoms with Gasteiger partial charge in [-0.3, -0.25) is 0 Å². The third kappa shape index (κ3) is 4.18. The van der Waals surface area contributed by atoms with Gasteiger partial charge in [-0.15, -0.1) is 0 Å². The molecule has 0 saturated heterocycles. The topological polar surface area (TPSA) is 51.0 Å². The average molecular weight is 237 g/mol. The van der Waals surface area contributed by atoms with Crippen LogP contribution in [0, 0.1) is 0 Å². The van der Waals surface area contributed by atoms with Crippen LogP contribution in [0.25, 0.3) is 0 Å². The minimum atomic E-state index is -4.23. The van der Waals surface area contributed by atoms with Crippen molar-refractivity contribution in [3.63, 3.8) is 0 Å².